The highest BCUT2D eigenvalue weighted by molar-refractivity contribution is 6.34. The van der Waals surface area contributed by atoms with Crippen LogP contribution in [0.3, 0.4) is 0 Å². The highest BCUT2D eigenvalue weighted by Gasteiger charge is 2.37. The Morgan fingerprint density at radius 3 is 2.14 bits per heavy atom. The second-order valence-electron chi connectivity index (χ2n) is 8.97. The van der Waals surface area contributed by atoms with Crippen molar-refractivity contribution in [2.45, 2.75) is 18.4 Å². The van der Waals surface area contributed by atoms with Crippen LogP contribution in [0.25, 0.3) is 0 Å². The molecule has 0 aromatic heterocycles. The van der Waals surface area contributed by atoms with Gasteiger partial charge in [-0.05, 0) is 48.4 Å². The number of rotatable bonds is 19. The molecular formula is C27H35Cl2N5O8. The Balaban J connectivity index is 2.10. The molecule has 2 aromatic carbocycles. The molecule has 1 atom stereocenters. The zero-order valence-electron chi connectivity index (χ0n) is 22.8. The summed E-state index contributed by atoms with van der Waals surface area (Å²) in [6, 6.07) is 10.7. The number of carbonyl (C=O) groups excluding carboxylic acids is 2. The molecule has 0 heterocycles. The van der Waals surface area contributed by atoms with Crippen molar-refractivity contribution in [3.8, 4) is 0 Å². The SMILES string of the molecule is N=C(N)Nc1cccc(C(=O)NCC(=O)NC(CCOCCOCCOCCO)(CC(=O)O)c2cc(Cl)cc(Cl)c2)c1. The predicted octanol–water partition coefficient (Wildman–Crippen LogP) is 1.95. The number of nitrogens with two attached hydrogens (primary N) is 1. The van der Waals surface area contributed by atoms with Gasteiger partial charge in [0.25, 0.3) is 5.91 Å². The summed E-state index contributed by atoms with van der Waals surface area (Å²) < 4.78 is 16.1. The van der Waals surface area contributed by atoms with Gasteiger partial charge < -0.3 is 46.1 Å². The van der Waals surface area contributed by atoms with Crippen LogP contribution in [0.2, 0.25) is 10.0 Å². The van der Waals surface area contributed by atoms with E-state index in [4.69, 9.17) is 53.7 Å². The van der Waals surface area contributed by atoms with Gasteiger partial charge in [0.05, 0.1) is 58.1 Å². The van der Waals surface area contributed by atoms with E-state index >= 15 is 0 Å². The first-order chi connectivity index (χ1) is 20.0. The lowest BCUT2D eigenvalue weighted by Crippen LogP contribution is -2.51. The second-order valence-corrected chi connectivity index (χ2v) is 9.84. The molecule has 0 aliphatic heterocycles. The molecule has 15 heteroatoms. The molecule has 13 nitrogen and oxygen atoms in total. The third kappa shape index (κ3) is 12.6. The van der Waals surface area contributed by atoms with Crippen LogP contribution in [0.15, 0.2) is 42.5 Å². The number of carboxylic acid groups (broad SMARTS) is 1. The smallest absolute Gasteiger partial charge is 0.306 e. The van der Waals surface area contributed by atoms with Gasteiger partial charge in [-0.2, -0.15) is 0 Å². The van der Waals surface area contributed by atoms with Gasteiger partial charge in [-0.3, -0.25) is 19.8 Å². The Kier molecular flexibility index (Phi) is 15.0. The number of amides is 2. The number of aliphatic hydroxyl groups excluding tert-OH is 1. The van der Waals surface area contributed by atoms with Crippen molar-refractivity contribution in [3.05, 3.63) is 63.6 Å². The van der Waals surface area contributed by atoms with E-state index in [0.717, 1.165) is 0 Å². The Hall–Kier alpha value is -3.46. The van der Waals surface area contributed by atoms with Gasteiger partial charge >= 0.3 is 5.97 Å². The topological polar surface area (TPSA) is 205 Å². The summed E-state index contributed by atoms with van der Waals surface area (Å²) in [4.78, 5) is 37.7. The van der Waals surface area contributed by atoms with Crippen LogP contribution >= 0.6 is 23.2 Å². The van der Waals surface area contributed by atoms with E-state index in [-0.39, 0.29) is 61.0 Å². The summed E-state index contributed by atoms with van der Waals surface area (Å²) in [5, 5.41) is 34.1. The third-order valence-corrected chi connectivity index (χ3v) is 6.15. The minimum Gasteiger partial charge on any atom is -0.481 e. The van der Waals surface area contributed by atoms with Gasteiger partial charge in [0.1, 0.15) is 0 Å². The molecule has 42 heavy (non-hydrogen) atoms. The molecule has 8 N–H and O–H groups in total. The molecule has 2 amide bonds. The number of carbonyl (C=O) groups is 3. The fourth-order valence-electron chi connectivity index (χ4n) is 3.92. The summed E-state index contributed by atoms with van der Waals surface area (Å²) in [5.74, 6) is -2.73. The van der Waals surface area contributed by atoms with Crippen LogP contribution in [0.5, 0.6) is 0 Å². The molecule has 0 saturated carbocycles. The normalized spacial score (nSPS) is 12.3. The largest absolute Gasteiger partial charge is 0.481 e. The zero-order chi connectivity index (χ0) is 31.0. The summed E-state index contributed by atoms with van der Waals surface area (Å²) >= 11 is 12.4. The van der Waals surface area contributed by atoms with Crippen molar-refractivity contribution in [2.24, 2.45) is 5.73 Å². The van der Waals surface area contributed by atoms with Crippen molar-refractivity contribution < 1.29 is 38.8 Å². The van der Waals surface area contributed by atoms with Crippen molar-refractivity contribution in [3.63, 3.8) is 0 Å². The van der Waals surface area contributed by atoms with E-state index in [0.29, 0.717) is 24.5 Å². The van der Waals surface area contributed by atoms with E-state index in [9.17, 15) is 19.5 Å². The molecule has 0 aliphatic carbocycles. The van der Waals surface area contributed by atoms with E-state index in [2.05, 4.69) is 16.0 Å². The second kappa shape index (κ2) is 18.2. The molecular weight excluding hydrogens is 593 g/mol. The number of carboxylic acids is 1. The molecule has 0 aliphatic rings. The minimum absolute atomic E-state index is 0.0357. The fraction of sp³-hybridized carbons (Fsp3) is 0.407. The number of aliphatic carboxylic acids is 1. The number of guanidine groups is 1. The number of nitrogens with one attached hydrogen (secondary N) is 4. The molecule has 2 rings (SSSR count). The maximum absolute atomic E-state index is 13.1. The van der Waals surface area contributed by atoms with E-state index in [1.807, 2.05) is 0 Å². The lowest BCUT2D eigenvalue weighted by Gasteiger charge is -2.34. The Labute approximate surface area is 253 Å². The standard InChI is InChI=1S/C27H35Cl2N5O8/c28-20-13-19(14-21(29)15-20)27(16-24(37)38,4-6-40-8-10-42-11-9-41-7-5-35)34-23(36)17-32-25(39)18-2-1-3-22(12-18)33-26(30)31/h1-3,12-15,35H,4-11,16-17H2,(H,32,39)(H,34,36)(H,37,38)(H4,30,31,33). The first kappa shape index (κ1) is 34.7. The van der Waals surface area contributed by atoms with E-state index in [1.54, 1.807) is 12.1 Å². The Bertz CT molecular complexity index is 1200. The molecule has 0 radical (unpaired) electrons. The number of benzene rings is 2. The number of halogens is 2. The first-order valence-corrected chi connectivity index (χ1v) is 13.6. The lowest BCUT2D eigenvalue weighted by atomic mass is 9.83. The lowest BCUT2D eigenvalue weighted by molar-refractivity contribution is -0.139. The van der Waals surface area contributed by atoms with Crippen molar-refractivity contribution in [1.29, 1.82) is 5.41 Å². The molecule has 0 spiro atoms. The number of hydrogen-bond acceptors (Lipinski definition) is 8. The number of hydrogen-bond donors (Lipinski definition) is 7. The van der Waals surface area contributed by atoms with Gasteiger partial charge in [-0.1, -0.05) is 29.3 Å². The maximum atomic E-state index is 13.1. The van der Waals surface area contributed by atoms with Crippen molar-refractivity contribution >= 4 is 52.6 Å². The highest BCUT2D eigenvalue weighted by Crippen LogP contribution is 2.33. The van der Waals surface area contributed by atoms with Gasteiger partial charge in [0.15, 0.2) is 5.96 Å². The molecule has 2 aromatic rings. The van der Waals surface area contributed by atoms with Crippen LogP contribution in [-0.2, 0) is 29.3 Å². The van der Waals surface area contributed by atoms with Crippen molar-refractivity contribution in [1.82, 2.24) is 10.6 Å². The van der Waals surface area contributed by atoms with E-state index in [1.165, 1.54) is 30.3 Å². The zero-order valence-corrected chi connectivity index (χ0v) is 24.3. The number of anilines is 1. The monoisotopic (exact) mass is 627 g/mol. The van der Waals surface area contributed by atoms with Gasteiger partial charge in [0.2, 0.25) is 5.91 Å². The minimum atomic E-state index is -1.48. The first-order valence-electron chi connectivity index (χ1n) is 12.9. The van der Waals surface area contributed by atoms with Crippen LogP contribution in [-0.4, -0.2) is 86.7 Å². The summed E-state index contributed by atoms with van der Waals surface area (Å²) in [6.45, 7) is 0.806. The van der Waals surface area contributed by atoms with Crippen LogP contribution in [0, 0.1) is 5.41 Å². The average Bonchev–Trinajstić information content (AvgIpc) is 2.91. The Morgan fingerprint density at radius 1 is 0.929 bits per heavy atom. The molecule has 0 fully saturated rings. The van der Waals surface area contributed by atoms with Gasteiger partial charge in [-0.25, -0.2) is 0 Å². The van der Waals surface area contributed by atoms with Crippen LogP contribution in [0.4, 0.5) is 5.69 Å². The molecule has 1 unspecified atom stereocenters. The average molecular weight is 629 g/mol. The summed E-state index contributed by atoms with van der Waals surface area (Å²) in [7, 11) is 0. The van der Waals surface area contributed by atoms with Crippen molar-refractivity contribution in [2.75, 3.05) is 58.1 Å². The van der Waals surface area contributed by atoms with Crippen LogP contribution < -0.4 is 21.7 Å². The van der Waals surface area contributed by atoms with E-state index < -0.39 is 36.3 Å². The third-order valence-electron chi connectivity index (χ3n) is 5.71. The number of ether oxygens (including phenoxy) is 3. The predicted molar refractivity (Wildman–Crippen MR) is 157 cm³/mol. The highest BCUT2D eigenvalue weighted by atomic mass is 35.5. The Morgan fingerprint density at radius 2 is 1.55 bits per heavy atom. The maximum Gasteiger partial charge on any atom is 0.306 e. The summed E-state index contributed by atoms with van der Waals surface area (Å²) in [6.07, 6.45) is -0.488. The molecule has 0 saturated heterocycles. The summed E-state index contributed by atoms with van der Waals surface area (Å²) in [5.41, 5.74) is 4.83. The van der Waals surface area contributed by atoms with Gasteiger partial charge in [0, 0.05) is 27.9 Å². The number of aliphatic hydroxyl groups is 1. The molecule has 0 bridgehead atoms. The van der Waals surface area contributed by atoms with Gasteiger partial charge in [-0.15, -0.1) is 0 Å². The molecule has 230 valence electrons. The van der Waals surface area contributed by atoms with Crippen LogP contribution in [0.1, 0.15) is 28.8 Å². The fourth-order valence-corrected chi connectivity index (χ4v) is 4.45. The quantitative estimate of drug-likeness (QED) is 0.0684.